The number of rotatable bonds is 0. The van der Waals surface area contributed by atoms with Crippen LogP contribution in [0.15, 0.2) is 12.2 Å². The van der Waals surface area contributed by atoms with E-state index in [-0.39, 0.29) is 0 Å². The SMILES string of the molecule is C1=CCS[CH+]C1. The predicted molar refractivity (Wildman–Crippen MR) is 30.5 cm³/mol. The topological polar surface area (TPSA) is 0 Å². The number of allylic oxidation sites excluding steroid dienone is 1. The van der Waals surface area contributed by atoms with Gasteiger partial charge in [0.25, 0.3) is 0 Å². The molecular formula is C5H7S+. The molecule has 1 aliphatic rings. The molecule has 0 aliphatic carbocycles. The maximum atomic E-state index is 2.22. The fourth-order valence-electron chi connectivity index (χ4n) is 0.411. The molecule has 1 heterocycles. The average molecular weight is 99.2 g/mol. The molecule has 0 nitrogen and oxygen atoms in total. The van der Waals surface area contributed by atoms with Crippen LogP contribution in [0.5, 0.6) is 0 Å². The van der Waals surface area contributed by atoms with Gasteiger partial charge in [-0.1, -0.05) is 6.08 Å². The molecule has 0 bridgehead atoms. The highest BCUT2D eigenvalue weighted by Crippen LogP contribution is 2.13. The van der Waals surface area contributed by atoms with Gasteiger partial charge in [-0.3, -0.25) is 0 Å². The van der Waals surface area contributed by atoms with Crippen molar-refractivity contribution < 1.29 is 0 Å². The van der Waals surface area contributed by atoms with E-state index >= 15 is 0 Å². The van der Waals surface area contributed by atoms with Crippen molar-refractivity contribution in [2.24, 2.45) is 0 Å². The third-order valence-electron chi connectivity index (χ3n) is 0.709. The van der Waals surface area contributed by atoms with E-state index in [9.17, 15) is 0 Å². The van der Waals surface area contributed by atoms with Crippen molar-refractivity contribution in [1.29, 1.82) is 0 Å². The molecule has 0 fully saturated rings. The van der Waals surface area contributed by atoms with Gasteiger partial charge < -0.3 is 0 Å². The Bertz CT molecular complexity index is 49.0. The van der Waals surface area contributed by atoms with Crippen LogP contribution < -0.4 is 0 Å². The van der Waals surface area contributed by atoms with Gasteiger partial charge >= 0.3 is 0 Å². The lowest BCUT2D eigenvalue weighted by Gasteiger charge is -1.86. The van der Waals surface area contributed by atoms with E-state index in [1.807, 2.05) is 11.8 Å². The van der Waals surface area contributed by atoms with E-state index in [1.54, 1.807) is 0 Å². The summed E-state index contributed by atoms with van der Waals surface area (Å²) in [5.74, 6) is 3.40. The Kier molecular flexibility index (Phi) is 1.51. The Labute approximate surface area is 42.6 Å². The fraction of sp³-hybridized carbons (Fsp3) is 0.400. The normalized spacial score (nSPS) is 20.0. The standard InChI is InChI=1S/C5H7S/c1-2-4-6-5-3-1/h1-2,5H,3-4H2/q+1. The van der Waals surface area contributed by atoms with E-state index in [1.165, 1.54) is 5.75 Å². The summed E-state index contributed by atoms with van der Waals surface area (Å²) in [6.07, 6.45) is 5.55. The molecule has 0 aromatic carbocycles. The molecule has 0 spiro atoms. The molecule has 0 aromatic rings. The van der Waals surface area contributed by atoms with Gasteiger partial charge in [-0.25, -0.2) is 0 Å². The summed E-state index contributed by atoms with van der Waals surface area (Å²) in [4.78, 5) is 0. The van der Waals surface area contributed by atoms with Crippen molar-refractivity contribution in [3.63, 3.8) is 0 Å². The van der Waals surface area contributed by atoms with Gasteiger partial charge in [-0.05, 0) is 6.08 Å². The van der Waals surface area contributed by atoms with Crippen molar-refractivity contribution in [3.8, 4) is 0 Å². The van der Waals surface area contributed by atoms with Crippen molar-refractivity contribution in [3.05, 3.63) is 17.9 Å². The second-order valence-electron chi connectivity index (χ2n) is 1.21. The summed E-state index contributed by atoms with van der Waals surface area (Å²) in [6, 6.07) is 0. The molecule has 0 radical (unpaired) electrons. The van der Waals surface area contributed by atoms with Gasteiger partial charge in [-0.15, -0.1) is 0 Å². The zero-order valence-electron chi connectivity index (χ0n) is 3.55. The van der Waals surface area contributed by atoms with E-state index < -0.39 is 0 Å². The molecular weight excluding hydrogens is 92.1 g/mol. The first-order valence-corrected chi connectivity index (χ1v) is 3.13. The smallest absolute Gasteiger partial charge is 0.0703 e. The number of hydrogen-bond acceptors (Lipinski definition) is 1. The van der Waals surface area contributed by atoms with Crippen LogP contribution in [0.1, 0.15) is 6.42 Å². The molecule has 0 unspecified atom stereocenters. The fourth-order valence-corrected chi connectivity index (χ4v) is 1.04. The Balaban J connectivity index is 2.26. The molecule has 0 N–H and O–H groups in total. The molecule has 0 saturated carbocycles. The van der Waals surface area contributed by atoms with Crippen LogP contribution in [-0.2, 0) is 0 Å². The lowest BCUT2D eigenvalue weighted by molar-refractivity contribution is 1.33. The van der Waals surface area contributed by atoms with Crippen LogP contribution in [0.25, 0.3) is 0 Å². The zero-order chi connectivity index (χ0) is 4.24. The number of thioether (sulfide) groups is 1. The summed E-state index contributed by atoms with van der Waals surface area (Å²) in [5, 5.41) is 0. The zero-order valence-corrected chi connectivity index (χ0v) is 4.37. The third kappa shape index (κ3) is 0.977. The van der Waals surface area contributed by atoms with Crippen LogP contribution >= 0.6 is 11.8 Å². The van der Waals surface area contributed by atoms with Crippen LogP contribution in [0.3, 0.4) is 0 Å². The summed E-state index contributed by atoms with van der Waals surface area (Å²) in [7, 11) is 0. The maximum absolute atomic E-state index is 2.22. The van der Waals surface area contributed by atoms with Crippen LogP contribution in [0.4, 0.5) is 0 Å². The Hall–Kier alpha value is -0.0400. The van der Waals surface area contributed by atoms with Crippen molar-refractivity contribution >= 4 is 11.8 Å². The lowest BCUT2D eigenvalue weighted by Crippen LogP contribution is -1.77. The van der Waals surface area contributed by atoms with Crippen molar-refractivity contribution in [2.45, 2.75) is 6.42 Å². The second kappa shape index (κ2) is 2.19. The first-order valence-electron chi connectivity index (χ1n) is 2.08. The van der Waals surface area contributed by atoms with Gasteiger partial charge in [0, 0.05) is 0 Å². The quantitative estimate of drug-likeness (QED) is 0.330. The highest BCUT2D eigenvalue weighted by molar-refractivity contribution is 8.01. The summed E-state index contributed by atoms with van der Waals surface area (Å²) < 4.78 is 0. The molecule has 1 rings (SSSR count). The Morgan fingerprint density at radius 2 is 2.50 bits per heavy atom. The van der Waals surface area contributed by atoms with Gasteiger partial charge in [-0.2, -0.15) is 0 Å². The van der Waals surface area contributed by atoms with E-state index in [4.69, 9.17) is 0 Å². The van der Waals surface area contributed by atoms with Gasteiger partial charge in [0.1, 0.15) is 12.2 Å². The van der Waals surface area contributed by atoms with Gasteiger partial charge in [0.2, 0.25) is 0 Å². The predicted octanol–water partition coefficient (Wildman–Crippen LogP) is 1.84. The second-order valence-corrected chi connectivity index (χ2v) is 2.21. The van der Waals surface area contributed by atoms with Crippen LogP contribution in [0.2, 0.25) is 0 Å². The summed E-state index contributed by atoms with van der Waals surface area (Å²) in [6.45, 7) is 0. The molecule has 0 saturated heterocycles. The highest BCUT2D eigenvalue weighted by atomic mass is 32.2. The van der Waals surface area contributed by atoms with E-state index in [0.717, 1.165) is 6.42 Å². The van der Waals surface area contributed by atoms with Gasteiger partial charge in [0.05, 0.1) is 17.5 Å². The van der Waals surface area contributed by atoms with E-state index in [0.29, 0.717) is 0 Å². The minimum atomic E-state index is 1.16. The third-order valence-corrected chi connectivity index (χ3v) is 1.52. The molecule has 0 atom stereocenters. The minimum absolute atomic E-state index is 1.16. The first kappa shape index (κ1) is 4.13. The summed E-state index contributed by atoms with van der Waals surface area (Å²) in [5.41, 5.74) is 0. The van der Waals surface area contributed by atoms with Crippen LogP contribution in [-0.4, -0.2) is 5.75 Å². The average Bonchev–Trinajstić information content (AvgIpc) is 1.72. The monoisotopic (exact) mass is 99.0 g/mol. The van der Waals surface area contributed by atoms with Crippen molar-refractivity contribution in [1.82, 2.24) is 0 Å². The Morgan fingerprint density at radius 1 is 1.50 bits per heavy atom. The maximum Gasteiger partial charge on any atom is 0.147 e. The highest BCUT2D eigenvalue weighted by Gasteiger charge is 1.99. The largest absolute Gasteiger partial charge is 0.147 e. The van der Waals surface area contributed by atoms with Crippen molar-refractivity contribution in [2.75, 3.05) is 5.75 Å². The van der Waals surface area contributed by atoms with Gasteiger partial charge in [0.15, 0.2) is 0 Å². The Morgan fingerprint density at radius 3 is 2.67 bits per heavy atom. The lowest BCUT2D eigenvalue weighted by atomic mass is 10.4. The molecule has 0 aromatic heterocycles. The molecule has 1 heteroatoms. The molecule has 0 amide bonds. The minimum Gasteiger partial charge on any atom is -0.0703 e. The van der Waals surface area contributed by atoms with E-state index in [2.05, 4.69) is 17.9 Å². The first-order chi connectivity index (χ1) is 3.00. The number of hydrogen-bond donors (Lipinski definition) is 0. The molecule has 6 heavy (non-hydrogen) atoms. The summed E-state index contributed by atoms with van der Waals surface area (Å²) >= 11 is 1.88. The van der Waals surface area contributed by atoms with Crippen LogP contribution in [0, 0.1) is 5.75 Å². The molecule has 1 aliphatic heterocycles. The molecule has 32 valence electrons.